The molecule has 0 radical (unpaired) electrons. The van der Waals surface area contributed by atoms with Crippen molar-refractivity contribution in [3.05, 3.63) is 77.9 Å². The van der Waals surface area contributed by atoms with Crippen molar-refractivity contribution in [1.29, 1.82) is 0 Å². The molecule has 0 heterocycles. The SMILES string of the molecule is CCCCCCCCCCOc1cc(C(=O)Oc2ccc(OCC)cc2)ccc1C(=O)Oc1ccc(OCC)cc1. The largest absolute Gasteiger partial charge is 0.494 e. The maximum atomic E-state index is 13.1. The summed E-state index contributed by atoms with van der Waals surface area (Å²) in [6.45, 7) is 7.55. The van der Waals surface area contributed by atoms with Gasteiger partial charge in [0.25, 0.3) is 0 Å². The van der Waals surface area contributed by atoms with Gasteiger partial charge in [0.2, 0.25) is 0 Å². The minimum Gasteiger partial charge on any atom is -0.494 e. The highest BCUT2D eigenvalue weighted by molar-refractivity contribution is 5.97. The van der Waals surface area contributed by atoms with E-state index < -0.39 is 11.9 Å². The Morgan fingerprint density at radius 2 is 1.02 bits per heavy atom. The fourth-order valence-corrected chi connectivity index (χ4v) is 4.22. The molecular formula is C34H42O7. The lowest BCUT2D eigenvalue weighted by atomic mass is 10.1. The number of benzene rings is 3. The topological polar surface area (TPSA) is 80.3 Å². The van der Waals surface area contributed by atoms with Crippen LogP contribution < -0.4 is 23.7 Å². The maximum absolute atomic E-state index is 13.1. The molecule has 0 aliphatic heterocycles. The Kier molecular flexibility index (Phi) is 13.6. The van der Waals surface area contributed by atoms with E-state index >= 15 is 0 Å². The van der Waals surface area contributed by atoms with Gasteiger partial charge >= 0.3 is 11.9 Å². The van der Waals surface area contributed by atoms with Crippen LogP contribution >= 0.6 is 0 Å². The van der Waals surface area contributed by atoms with Crippen LogP contribution in [0.25, 0.3) is 0 Å². The monoisotopic (exact) mass is 562 g/mol. The number of hydrogen-bond donors (Lipinski definition) is 0. The number of rotatable bonds is 18. The van der Waals surface area contributed by atoms with Crippen LogP contribution in [0.15, 0.2) is 66.7 Å². The van der Waals surface area contributed by atoms with Gasteiger partial charge in [-0.2, -0.15) is 0 Å². The lowest BCUT2D eigenvalue weighted by Gasteiger charge is -2.13. The summed E-state index contributed by atoms with van der Waals surface area (Å²) < 4.78 is 28.0. The number of carbonyl (C=O) groups excluding carboxylic acids is 2. The van der Waals surface area contributed by atoms with E-state index in [1.807, 2.05) is 13.8 Å². The van der Waals surface area contributed by atoms with E-state index in [0.717, 1.165) is 19.3 Å². The summed E-state index contributed by atoms with van der Waals surface area (Å²) in [4.78, 5) is 26.0. The predicted octanol–water partition coefficient (Wildman–Crippen LogP) is 8.44. The standard InChI is InChI=1S/C34H42O7/c1-4-7-8-9-10-11-12-13-24-39-32-25-26(33(35)40-29-19-15-27(16-20-29)37-5-2)14-23-31(32)34(36)41-30-21-17-28(18-22-30)38-6-3/h14-23,25H,4-13,24H2,1-3H3. The summed E-state index contributed by atoms with van der Waals surface area (Å²) in [7, 11) is 0. The Morgan fingerprint density at radius 1 is 0.537 bits per heavy atom. The van der Waals surface area contributed by atoms with E-state index in [1.165, 1.54) is 50.3 Å². The molecule has 0 aliphatic rings. The second kappa shape index (κ2) is 17.6. The molecule has 3 rings (SSSR count). The van der Waals surface area contributed by atoms with Crippen molar-refractivity contribution in [2.45, 2.75) is 72.1 Å². The Hall–Kier alpha value is -4.00. The van der Waals surface area contributed by atoms with Crippen LogP contribution in [0.2, 0.25) is 0 Å². The van der Waals surface area contributed by atoms with E-state index in [9.17, 15) is 9.59 Å². The van der Waals surface area contributed by atoms with E-state index in [2.05, 4.69) is 6.92 Å². The van der Waals surface area contributed by atoms with E-state index in [4.69, 9.17) is 23.7 Å². The summed E-state index contributed by atoms with van der Waals surface area (Å²) in [6, 6.07) is 18.3. The zero-order valence-electron chi connectivity index (χ0n) is 24.5. The normalized spacial score (nSPS) is 10.6. The number of ether oxygens (including phenoxy) is 5. The van der Waals surface area contributed by atoms with Crippen molar-refractivity contribution in [1.82, 2.24) is 0 Å². The summed E-state index contributed by atoms with van der Waals surface area (Å²) in [5, 5.41) is 0. The zero-order valence-corrected chi connectivity index (χ0v) is 24.5. The molecule has 0 bridgehead atoms. The van der Waals surface area contributed by atoms with Crippen LogP contribution in [0.5, 0.6) is 28.7 Å². The highest BCUT2D eigenvalue weighted by Gasteiger charge is 2.19. The van der Waals surface area contributed by atoms with Gasteiger partial charge in [0.1, 0.15) is 34.3 Å². The molecule has 3 aromatic carbocycles. The molecule has 0 fully saturated rings. The van der Waals surface area contributed by atoms with Crippen LogP contribution in [-0.2, 0) is 0 Å². The zero-order chi connectivity index (χ0) is 29.3. The molecule has 7 nitrogen and oxygen atoms in total. The van der Waals surface area contributed by atoms with Crippen molar-refractivity contribution in [3.8, 4) is 28.7 Å². The van der Waals surface area contributed by atoms with E-state index in [-0.39, 0.29) is 16.9 Å². The van der Waals surface area contributed by atoms with Crippen molar-refractivity contribution < 1.29 is 33.3 Å². The first-order valence-corrected chi connectivity index (χ1v) is 14.7. The number of esters is 2. The second-order valence-electron chi connectivity index (χ2n) is 9.62. The van der Waals surface area contributed by atoms with Crippen LogP contribution in [0.3, 0.4) is 0 Å². The van der Waals surface area contributed by atoms with E-state index in [0.29, 0.717) is 42.8 Å². The highest BCUT2D eigenvalue weighted by atomic mass is 16.5. The summed E-state index contributed by atoms with van der Waals surface area (Å²) in [5.41, 5.74) is 0.499. The predicted molar refractivity (Wildman–Crippen MR) is 160 cm³/mol. The van der Waals surface area contributed by atoms with Crippen molar-refractivity contribution in [2.24, 2.45) is 0 Å². The average molecular weight is 563 g/mol. The minimum atomic E-state index is -0.577. The van der Waals surface area contributed by atoms with Gasteiger partial charge in [-0.3, -0.25) is 0 Å². The second-order valence-corrected chi connectivity index (χ2v) is 9.62. The number of carbonyl (C=O) groups is 2. The number of unbranched alkanes of at least 4 members (excludes halogenated alkanes) is 7. The fourth-order valence-electron chi connectivity index (χ4n) is 4.22. The lowest BCUT2D eigenvalue weighted by molar-refractivity contribution is 0.0716. The number of hydrogen-bond acceptors (Lipinski definition) is 7. The van der Waals surface area contributed by atoms with E-state index in [1.54, 1.807) is 48.5 Å². The third kappa shape index (κ3) is 10.8. The molecular weight excluding hydrogens is 520 g/mol. The molecule has 0 saturated carbocycles. The quantitative estimate of drug-likeness (QED) is 0.0874. The molecule has 0 N–H and O–H groups in total. The summed E-state index contributed by atoms with van der Waals surface area (Å²) in [5.74, 6) is 1.30. The van der Waals surface area contributed by atoms with Crippen LogP contribution in [0.4, 0.5) is 0 Å². The molecule has 0 spiro atoms. The molecule has 0 saturated heterocycles. The molecule has 220 valence electrons. The Labute approximate surface area is 243 Å². The van der Waals surface area contributed by atoms with Crippen molar-refractivity contribution >= 4 is 11.9 Å². The first-order valence-electron chi connectivity index (χ1n) is 14.7. The van der Waals surface area contributed by atoms with Gasteiger partial charge in [-0.05, 0) is 87.0 Å². The molecule has 0 atom stereocenters. The lowest BCUT2D eigenvalue weighted by Crippen LogP contribution is -2.14. The van der Waals surface area contributed by atoms with Gasteiger partial charge in [0, 0.05) is 0 Å². The summed E-state index contributed by atoms with van der Waals surface area (Å²) >= 11 is 0. The first-order chi connectivity index (χ1) is 20.0. The van der Waals surface area contributed by atoms with Crippen molar-refractivity contribution in [3.63, 3.8) is 0 Å². The maximum Gasteiger partial charge on any atom is 0.347 e. The fraction of sp³-hybridized carbons (Fsp3) is 0.412. The Balaban J connectivity index is 1.67. The van der Waals surface area contributed by atoms with Crippen molar-refractivity contribution in [2.75, 3.05) is 19.8 Å². The molecule has 0 unspecified atom stereocenters. The van der Waals surface area contributed by atoms with Gasteiger partial charge < -0.3 is 23.7 Å². The van der Waals surface area contributed by atoms with Gasteiger partial charge in [0.05, 0.1) is 25.4 Å². The minimum absolute atomic E-state index is 0.232. The third-order valence-electron chi connectivity index (χ3n) is 6.38. The smallest absolute Gasteiger partial charge is 0.347 e. The summed E-state index contributed by atoms with van der Waals surface area (Å²) in [6.07, 6.45) is 9.32. The molecule has 3 aromatic rings. The highest BCUT2D eigenvalue weighted by Crippen LogP contribution is 2.26. The van der Waals surface area contributed by atoms with Gasteiger partial charge in [0.15, 0.2) is 0 Å². The van der Waals surface area contributed by atoms with Crippen LogP contribution in [-0.4, -0.2) is 31.8 Å². The molecule has 0 aromatic heterocycles. The average Bonchev–Trinajstić information content (AvgIpc) is 2.98. The van der Waals surface area contributed by atoms with Crippen LogP contribution in [0, 0.1) is 0 Å². The molecule has 0 amide bonds. The van der Waals surface area contributed by atoms with Crippen LogP contribution in [0.1, 0.15) is 92.9 Å². The van der Waals surface area contributed by atoms with Gasteiger partial charge in [-0.1, -0.05) is 51.9 Å². The molecule has 41 heavy (non-hydrogen) atoms. The molecule has 7 heteroatoms. The third-order valence-corrected chi connectivity index (χ3v) is 6.38. The Morgan fingerprint density at radius 3 is 1.56 bits per heavy atom. The van der Waals surface area contributed by atoms with Gasteiger partial charge in [-0.25, -0.2) is 9.59 Å². The Bertz CT molecular complexity index is 1200. The molecule has 0 aliphatic carbocycles. The van der Waals surface area contributed by atoms with Gasteiger partial charge in [-0.15, -0.1) is 0 Å². The first kappa shape index (κ1) is 31.5.